The Hall–Kier alpha value is -3.25. The van der Waals surface area contributed by atoms with E-state index in [9.17, 15) is 13.2 Å². The normalized spacial score (nSPS) is 15.2. The van der Waals surface area contributed by atoms with E-state index in [0.29, 0.717) is 38.5 Å². The molecule has 4 rings (SSSR count). The topological polar surface area (TPSA) is 126 Å². The molecule has 12 heteroatoms. The molecule has 31 heavy (non-hydrogen) atoms. The van der Waals surface area contributed by atoms with Gasteiger partial charge in [0, 0.05) is 50.6 Å². The number of piperazine rings is 1. The van der Waals surface area contributed by atoms with Gasteiger partial charge in [-0.15, -0.1) is 5.10 Å². The van der Waals surface area contributed by atoms with Gasteiger partial charge in [-0.25, -0.2) is 13.2 Å². The number of aryl methyl sites for hydroxylation is 1. The Morgan fingerprint density at radius 2 is 1.97 bits per heavy atom. The Morgan fingerprint density at radius 1 is 1.19 bits per heavy atom. The van der Waals surface area contributed by atoms with Crippen LogP contribution in [0.4, 0.5) is 10.6 Å². The number of carbonyl (C=O) groups excluding carboxylic acids is 1. The van der Waals surface area contributed by atoms with E-state index in [1.165, 1.54) is 18.7 Å². The van der Waals surface area contributed by atoms with Crippen LogP contribution in [0.25, 0.3) is 11.4 Å². The van der Waals surface area contributed by atoms with Crippen molar-refractivity contribution in [3.63, 3.8) is 0 Å². The lowest BCUT2D eigenvalue weighted by Gasteiger charge is -2.34. The smallest absolute Gasteiger partial charge is 0.342 e. The monoisotopic (exact) mass is 445 g/mol. The van der Waals surface area contributed by atoms with E-state index in [-0.39, 0.29) is 11.8 Å². The van der Waals surface area contributed by atoms with Crippen LogP contribution in [0, 0.1) is 6.92 Å². The van der Waals surface area contributed by atoms with Crippen molar-refractivity contribution in [1.82, 2.24) is 29.7 Å². The van der Waals surface area contributed by atoms with Gasteiger partial charge < -0.3 is 9.42 Å². The first kappa shape index (κ1) is 21.0. The van der Waals surface area contributed by atoms with Crippen LogP contribution in [0.3, 0.4) is 0 Å². The molecule has 1 aliphatic heterocycles. The summed E-state index contributed by atoms with van der Waals surface area (Å²) in [5.41, 5.74) is 3.15. The first-order chi connectivity index (χ1) is 14.8. The number of benzene rings is 1. The van der Waals surface area contributed by atoms with Gasteiger partial charge in [0.1, 0.15) is 0 Å². The molecule has 1 saturated heterocycles. The first-order valence-corrected chi connectivity index (χ1v) is 11.6. The maximum Gasteiger partial charge on any atom is 0.344 e. The van der Waals surface area contributed by atoms with Gasteiger partial charge >= 0.3 is 6.03 Å². The van der Waals surface area contributed by atoms with E-state index >= 15 is 0 Å². The summed E-state index contributed by atoms with van der Waals surface area (Å²) in [6.07, 6.45) is 3.80. The van der Waals surface area contributed by atoms with Crippen LogP contribution < -0.4 is 4.72 Å². The maximum atomic E-state index is 12.7. The highest BCUT2D eigenvalue weighted by Crippen LogP contribution is 2.24. The SMILES string of the molecule is Cc1ccc(CN2CCN(C(=O)n3ccc(NS(C)(=O)=O)n3)CC2)c(-c2ncon2)c1. The largest absolute Gasteiger partial charge is 0.344 e. The van der Waals surface area contributed by atoms with Crippen molar-refractivity contribution in [1.29, 1.82) is 0 Å². The van der Waals surface area contributed by atoms with Crippen molar-refractivity contribution >= 4 is 21.9 Å². The number of amides is 1. The van der Waals surface area contributed by atoms with Crippen molar-refractivity contribution in [3.8, 4) is 11.4 Å². The third-order valence-corrected chi connectivity index (χ3v) is 5.56. The fourth-order valence-corrected chi connectivity index (χ4v) is 3.97. The maximum absolute atomic E-state index is 12.7. The third kappa shape index (κ3) is 5.09. The lowest BCUT2D eigenvalue weighted by Crippen LogP contribution is -2.49. The number of nitrogens with zero attached hydrogens (tertiary/aromatic N) is 6. The van der Waals surface area contributed by atoms with Gasteiger partial charge in [-0.2, -0.15) is 9.67 Å². The Kier molecular flexibility index (Phi) is 5.74. The summed E-state index contributed by atoms with van der Waals surface area (Å²) in [7, 11) is -3.45. The number of hydrogen-bond donors (Lipinski definition) is 1. The minimum Gasteiger partial charge on any atom is -0.342 e. The van der Waals surface area contributed by atoms with Gasteiger partial charge in [0.05, 0.1) is 6.26 Å². The number of sulfonamides is 1. The molecule has 1 N–H and O–H groups in total. The Bertz CT molecular complexity index is 1170. The Morgan fingerprint density at radius 3 is 2.65 bits per heavy atom. The molecule has 3 aromatic rings. The molecular formula is C19H23N7O4S. The molecule has 0 unspecified atom stereocenters. The molecule has 0 spiro atoms. The number of hydrogen-bond acceptors (Lipinski definition) is 8. The Labute approximate surface area is 179 Å². The van der Waals surface area contributed by atoms with Crippen LogP contribution in [0.2, 0.25) is 0 Å². The van der Waals surface area contributed by atoms with Gasteiger partial charge in [0.25, 0.3) is 0 Å². The van der Waals surface area contributed by atoms with Crippen LogP contribution in [0.5, 0.6) is 0 Å². The molecule has 11 nitrogen and oxygen atoms in total. The van der Waals surface area contributed by atoms with E-state index in [1.54, 1.807) is 4.90 Å². The average molecular weight is 446 g/mol. The highest BCUT2D eigenvalue weighted by molar-refractivity contribution is 7.92. The fraction of sp³-hybridized carbons (Fsp3) is 0.368. The van der Waals surface area contributed by atoms with Crippen LogP contribution in [-0.2, 0) is 16.6 Å². The summed E-state index contributed by atoms with van der Waals surface area (Å²) in [5.74, 6) is 0.674. The molecule has 0 saturated carbocycles. The molecule has 3 heterocycles. The molecule has 1 aliphatic rings. The predicted molar refractivity (Wildman–Crippen MR) is 113 cm³/mol. The van der Waals surface area contributed by atoms with Crippen molar-refractivity contribution < 1.29 is 17.7 Å². The number of aromatic nitrogens is 4. The van der Waals surface area contributed by atoms with E-state index in [2.05, 4.69) is 37.0 Å². The number of nitrogens with one attached hydrogen (secondary N) is 1. The lowest BCUT2D eigenvalue weighted by atomic mass is 10.0. The summed E-state index contributed by atoms with van der Waals surface area (Å²) >= 11 is 0. The summed E-state index contributed by atoms with van der Waals surface area (Å²) in [5, 5.41) is 7.97. The number of rotatable bonds is 5. The van der Waals surface area contributed by atoms with Gasteiger partial charge in [-0.1, -0.05) is 22.9 Å². The fourth-order valence-electron chi connectivity index (χ4n) is 3.48. The standard InChI is InChI=1S/C19H23N7O4S/c1-14-3-4-15(16(11-14)18-20-13-30-22-18)12-24-7-9-25(10-8-24)19(27)26-6-5-17(21-26)23-31(2,28)29/h3-6,11,13H,7-10,12H2,1-2H3,(H,21,23). The van der Waals surface area contributed by atoms with E-state index in [1.807, 2.05) is 13.0 Å². The highest BCUT2D eigenvalue weighted by atomic mass is 32.2. The average Bonchev–Trinajstić information content (AvgIpc) is 3.40. The second-order valence-electron chi connectivity index (χ2n) is 7.48. The predicted octanol–water partition coefficient (Wildman–Crippen LogP) is 1.40. The van der Waals surface area contributed by atoms with E-state index in [0.717, 1.165) is 27.6 Å². The molecule has 1 fully saturated rings. The molecule has 0 aliphatic carbocycles. The minimum absolute atomic E-state index is 0.114. The molecule has 164 valence electrons. The number of carbonyl (C=O) groups is 1. The van der Waals surface area contributed by atoms with Crippen molar-refractivity contribution in [3.05, 3.63) is 48.0 Å². The zero-order valence-electron chi connectivity index (χ0n) is 17.2. The zero-order valence-corrected chi connectivity index (χ0v) is 18.0. The summed E-state index contributed by atoms with van der Waals surface area (Å²) < 4.78 is 30.9. The van der Waals surface area contributed by atoms with Crippen LogP contribution in [-0.4, -0.2) is 76.6 Å². The summed E-state index contributed by atoms with van der Waals surface area (Å²) in [6, 6.07) is 7.33. The van der Waals surface area contributed by atoms with Crippen molar-refractivity contribution in [2.24, 2.45) is 0 Å². The highest BCUT2D eigenvalue weighted by Gasteiger charge is 2.24. The molecule has 0 radical (unpaired) electrons. The second kappa shape index (κ2) is 8.47. The third-order valence-electron chi connectivity index (χ3n) is 4.98. The zero-order chi connectivity index (χ0) is 22.0. The van der Waals surface area contributed by atoms with Gasteiger partial charge in [0.2, 0.25) is 22.2 Å². The summed E-state index contributed by atoms with van der Waals surface area (Å²) in [4.78, 5) is 20.8. The first-order valence-electron chi connectivity index (χ1n) is 9.70. The quantitative estimate of drug-likeness (QED) is 0.624. The second-order valence-corrected chi connectivity index (χ2v) is 9.23. The van der Waals surface area contributed by atoms with Crippen LogP contribution in [0.15, 0.2) is 41.4 Å². The van der Waals surface area contributed by atoms with E-state index < -0.39 is 10.0 Å². The molecule has 2 aromatic heterocycles. The molecule has 0 bridgehead atoms. The van der Waals surface area contributed by atoms with Crippen molar-refractivity contribution in [2.75, 3.05) is 37.2 Å². The molecule has 1 aromatic carbocycles. The van der Waals surface area contributed by atoms with Gasteiger partial charge in [-0.3, -0.25) is 9.62 Å². The van der Waals surface area contributed by atoms with Gasteiger partial charge in [0.15, 0.2) is 5.82 Å². The minimum atomic E-state index is -3.45. The molecule has 0 atom stereocenters. The molecular weight excluding hydrogens is 422 g/mol. The summed E-state index contributed by atoms with van der Waals surface area (Å²) in [6.45, 7) is 5.19. The van der Waals surface area contributed by atoms with Crippen LogP contribution in [0.1, 0.15) is 11.1 Å². The van der Waals surface area contributed by atoms with E-state index in [4.69, 9.17) is 4.52 Å². The van der Waals surface area contributed by atoms with Crippen molar-refractivity contribution in [2.45, 2.75) is 13.5 Å². The lowest BCUT2D eigenvalue weighted by molar-refractivity contribution is 0.134. The number of anilines is 1. The van der Waals surface area contributed by atoms with Gasteiger partial charge in [-0.05, 0) is 18.6 Å². The Balaban J connectivity index is 1.38. The molecule has 1 amide bonds. The van der Waals surface area contributed by atoms with Crippen LogP contribution >= 0.6 is 0 Å².